The molecule has 0 unspecified atom stereocenters. The van der Waals surface area contributed by atoms with E-state index in [1.807, 2.05) is 26.2 Å². The van der Waals surface area contributed by atoms with E-state index in [0.717, 1.165) is 5.56 Å². The van der Waals surface area contributed by atoms with Gasteiger partial charge in [-0.2, -0.15) is 0 Å². The Hall–Kier alpha value is -3.16. The van der Waals surface area contributed by atoms with Crippen LogP contribution in [-0.2, 0) is 11.2 Å². The number of carbonyl (C=O) groups is 2. The molecule has 3 rings (SSSR count). The van der Waals surface area contributed by atoms with E-state index >= 15 is 0 Å². The Kier molecular flexibility index (Phi) is 7.09. The molecule has 0 saturated carbocycles. The number of nitrogens with one attached hydrogen (secondary N) is 1. The molecule has 0 aliphatic heterocycles. The van der Waals surface area contributed by atoms with Crippen molar-refractivity contribution in [3.8, 4) is 5.75 Å². The lowest BCUT2D eigenvalue weighted by atomic mass is 10.1. The number of aromatic nitrogens is 2. The van der Waals surface area contributed by atoms with E-state index in [1.165, 1.54) is 19.2 Å². The van der Waals surface area contributed by atoms with E-state index in [0.29, 0.717) is 45.1 Å². The maximum atomic E-state index is 12.4. The van der Waals surface area contributed by atoms with Crippen LogP contribution in [0.4, 0.5) is 11.5 Å². The van der Waals surface area contributed by atoms with Crippen LogP contribution in [0.15, 0.2) is 48.7 Å². The van der Waals surface area contributed by atoms with Crippen molar-refractivity contribution in [1.29, 1.82) is 0 Å². The monoisotopic (exact) mass is 458 g/mol. The molecule has 3 aromatic rings. The van der Waals surface area contributed by atoms with Gasteiger partial charge >= 0.3 is 5.97 Å². The quantitative estimate of drug-likeness (QED) is 0.542. The summed E-state index contributed by atoms with van der Waals surface area (Å²) in [6, 6.07) is 12.1. The minimum Gasteiger partial charge on any atom is -0.421 e. The van der Waals surface area contributed by atoms with E-state index in [1.54, 1.807) is 29.2 Å². The summed E-state index contributed by atoms with van der Waals surface area (Å²) in [5.41, 5.74) is 2.01. The number of hydrogen-bond donors (Lipinski definition) is 1. The largest absolute Gasteiger partial charge is 0.421 e. The van der Waals surface area contributed by atoms with E-state index in [4.69, 9.17) is 27.9 Å². The fourth-order valence-corrected chi connectivity index (χ4v) is 3.06. The Balaban J connectivity index is 1.70. The van der Waals surface area contributed by atoms with Gasteiger partial charge in [-0.15, -0.1) is 0 Å². The highest BCUT2D eigenvalue weighted by molar-refractivity contribution is 6.42. The van der Waals surface area contributed by atoms with Gasteiger partial charge in [-0.25, -0.2) is 9.97 Å². The zero-order valence-electron chi connectivity index (χ0n) is 17.1. The van der Waals surface area contributed by atoms with Gasteiger partial charge in [0.05, 0.1) is 16.2 Å². The maximum Gasteiger partial charge on any atom is 0.308 e. The summed E-state index contributed by atoms with van der Waals surface area (Å²) < 4.78 is 5.15. The molecule has 160 valence electrons. The highest BCUT2D eigenvalue weighted by Crippen LogP contribution is 2.25. The zero-order valence-corrected chi connectivity index (χ0v) is 18.7. The lowest BCUT2D eigenvalue weighted by Gasteiger charge is -2.16. The summed E-state index contributed by atoms with van der Waals surface area (Å²) in [5, 5.41) is 3.53. The van der Waals surface area contributed by atoms with Crippen molar-refractivity contribution in [3.63, 3.8) is 0 Å². The molecule has 0 bridgehead atoms. The average Bonchev–Trinajstić information content (AvgIpc) is 2.72. The SMILES string of the molecule is CC(=O)Oc1cnc(Cc2ccc(NC(=O)c3ccc(Cl)c(Cl)c3)cc2)nc1N(C)C. The van der Waals surface area contributed by atoms with Crippen LogP contribution in [0.2, 0.25) is 10.0 Å². The topological polar surface area (TPSA) is 84.4 Å². The Morgan fingerprint density at radius 3 is 2.39 bits per heavy atom. The van der Waals surface area contributed by atoms with Gasteiger partial charge in [0.2, 0.25) is 0 Å². The molecule has 0 atom stereocenters. The van der Waals surface area contributed by atoms with E-state index in [9.17, 15) is 9.59 Å². The van der Waals surface area contributed by atoms with Gasteiger partial charge in [-0.1, -0.05) is 35.3 Å². The molecule has 0 aliphatic carbocycles. The highest BCUT2D eigenvalue weighted by atomic mass is 35.5. The number of esters is 1. The van der Waals surface area contributed by atoms with E-state index < -0.39 is 5.97 Å². The van der Waals surface area contributed by atoms with Crippen molar-refractivity contribution in [2.45, 2.75) is 13.3 Å². The van der Waals surface area contributed by atoms with Crippen LogP contribution in [0, 0.1) is 0 Å². The fourth-order valence-electron chi connectivity index (χ4n) is 2.76. The lowest BCUT2D eigenvalue weighted by Crippen LogP contribution is -2.16. The molecule has 1 aromatic heterocycles. The molecule has 0 radical (unpaired) electrons. The second-order valence-electron chi connectivity index (χ2n) is 6.92. The molecule has 9 heteroatoms. The van der Waals surface area contributed by atoms with E-state index in [2.05, 4.69) is 15.3 Å². The number of rotatable bonds is 6. The van der Waals surface area contributed by atoms with Crippen molar-refractivity contribution < 1.29 is 14.3 Å². The molecule has 1 heterocycles. The van der Waals surface area contributed by atoms with Crippen molar-refractivity contribution in [3.05, 3.63) is 75.7 Å². The number of ether oxygens (including phenoxy) is 1. The first-order valence-electron chi connectivity index (χ1n) is 9.30. The van der Waals surface area contributed by atoms with Crippen LogP contribution in [0.3, 0.4) is 0 Å². The average molecular weight is 459 g/mol. The lowest BCUT2D eigenvalue weighted by molar-refractivity contribution is -0.131. The number of nitrogens with zero attached hydrogens (tertiary/aromatic N) is 3. The van der Waals surface area contributed by atoms with Gasteiger partial charge in [-0.05, 0) is 35.9 Å². The van der Waals surface area contributed by atoms with Crippen LogP contribution >= 0.6 is 23.2 Å². The third-order valence-electron chi connectivity index (χ3n) is 4.22. The van der Waals surface area contributed by atoms with Crippen LogP contribution in [0.1, 0.15) is 28.7 Å². The molecule has 7 nitrogen and oxygen atoms in total. The summed E-state index contributed by atoms with van der Waals surface area (Å²) in [4.78, 5) is 34.2. The summed E-state index contributed by atoms with van der Waals surface area (Å²) in [6.07, 6.45) is 1.97. The molecule has 2 aromatic carbocycles. The van der Waals surface area contributed by atoms with Crippen molar-refractivity contribution >= 4 is 46.6 Å². The van der Waals surface area contributed by atoms with Gasteiger partial charge < -0.3 is 15.0 Å². The van der Waals surface area contributed by atoms with Crippen LogP contribution in [-0.4, -0.2) is 35.9 Å². The molecule has 0 aliphatic rings. The fraction of sp³-hybridized carbons (Fsp3) is 0.182. The third-order valence-corrected chi connectivity index (χ3v) is 4.96. The van der Waals surface area contributed by atoms with E-state index in [-0.39, 0.29) is 5.91 Å². The van der Waals surface area contributed by atoms with Gasteiger partial charge in [-0.3, -0.25) is 9.59 Å². The zero-order chi connectivity index (χ0) is 22.5. The first-order chi connectivity index (χ1) is 14.7. The number of halogens is 2. The van der Waals surface area contributed by atoms with Crippen LogP contribution in [0.5, 0.6) is 5.75 Å². The van der Waals surface area contributed by atoms with Gasteiger partial charge in [0.15, 0.2) is 11.6 Å². The minimum atomic E-state index is -0.432. The molecule has 31 heavy (non-hydrogen) atoms. The van der Waals surface area contributed by atoms with Gasteiger partial charge in [0.1, 0.15) is 5.82 Å². The normalized spacial score (nSPS) is 10.5. The van der Waals surface area contributed by atoms with Crippen molar-refractivity contribution in [2.24, 2.45) is 0 Å². The minimum absolute atomic E-state index is 0.286. The molecule has 0 saturated heterocycles. The van der Waals surface area contributed by atoms with Crippen LogP contribution in [0.25, 0.3) is 0 Å². The first kappa shape index (κ1) is 22.5. The Bertz CT molecular complexity index is 1120. The molecular weight excluding hydrogens is 439 g/mol. The molecule has 0 spiro atoms. The highest BCUT2D eigenvalue weighted by Gasteiger charge is 2.13. The van der Waals surface area contributed by atoms with Gasteiger partial charge in [0.25, 0.3) is 5.91 Å². The predicted octanol–water partition coefficient (Wildman–Crippen LogP) is 4.62. The molecule has 1 N–H and O–H groups in total. The predicted molar refractivity (Wildman–Crippen MR) is 121 cm³/mol. The second kappa shape index (κ2) is 9.76. The smallest absolute Gasteiger partial charge is 0.308 e. The van der Waals surface area contributed by atoms with Crippen molar-refractivity contribution in [2.75, 3.05) is 24.3 Å². The van der Waals surface area contributed by atoms with Crippen molar-refractivity contribution in [1.82, 2.24) is 9.97 Å². The van der Waals surface area contributed by atoms with Gasteiger partial charge in [0, 0.05) is 38.7 Å². The summed E-state index contributed by atoms with van der Waals surface area (Å²) >= 11 is 11.9. The summed E-state index contributed by atoms with van der Waals surface area (Å²) in [7, 11) is 3.62. The first-order valence-corrected chi connectivity index (χ1v) is 10.1. The number of hydrogen-bond acceptors (Lipinski definition) is 6. The Morgan fingerprint density at radius 2 is 1.77 bits per heavy atom. The van der Waals surface area contributed by atoms with Crippen LogP contribution < -0.4 is 15.0 Å². The standard InChI is InChI=1S/C22H20Cl2N4O3/c1-13(29)31-19-12-25-20(27-21(19)28(2)3)10-14-4-7-16(8-5-14)26-22(30)15-6-9-17(23)18(24)11-15/h4-9,11-12H,10H2,1-3H3,(H,26,30). The summed E-state index contributed by atoms with van der Waals surface area (Å²) in [6.45, 7) is 1.33. The molecule has 0 fully saturated rings. The number of anilines is 2. The second-order valence-corrected chi connectivity index (χ2v) is 7.73. The number of carbonyl (C=O) groups excluding carboxylic acids is 2. The number of amides is 1. The molecule has 1 amide bonds. The molecular formula is C22H20Cl2N4O3. The third kappa shape index (κ3) is 5.93. The Labute approximate surface area is 190 Å². The summed E-state index contributed by atoms with van der Waals surface area (Å²) in [5.74, 6) is 0.684. The Morgan fingerprint density at radius 1 is 1.06 bits per heavy atom. The maximum absolute atomic E-state index is 12.4. The number of benzene rings is 2.